The molecule has 0 aliphatic carbocycles. The smallest absolute Gasteiger partial charge is 0.222 e. The molecule has 1 saturated heterocycles. The zero-order chi connectivity index (χ0) is 15.4. The number of ether oxygens (including phenoxy) is 1. The van der Waals surface area contributed by atoms with Gasteiger partial charge in [-0.2, -0.15) is 0 Å². The largest absolute Gasteiger partial charge is 0.496 e. The molecule has 1 aliphatic heterocycles. The van der Waals surface area contributed by atoms with Gasteiger partial charge in [-0.1, -0.05) is 29.8 Å². The maximum Gasteiger partial charge on any atom is 0.222 e. The van der Waals surface area contributed by atoms with E-state index in [0.29, 0.717) is 24.8 Å². The number of hydrogen-bond acceptors (Lipinski definition) is 2. The Balaban J connectivity index is 2.11. The Labute approximate surface area is 135 Å². The Morgan fingerprint density at radius 1 is 1.38 bits per heavy atom. The summed E-state index contributed by atoms with van der Waals surface area (Å²) in [7, 11) is 1.67. The molecule has 1 aromatic carbocycles. The van der Waals surface area contributed by atoms with Gasteiger partial charge >= 0.3 is 0 Å². The highest BCUT2D eigenvalue weighted by Crippen LogP contribution is 2.28. The molecule has 4 heteroatoms. The first-order chi connectivity index (χ1) is 10.0. The van der Waals surface area contributed by atoms with Gasteiger partial charge in [-0.25, -0.2) is 0 Å². The molecule has 116 valence electrons. The molecule has 0 saturated carbocycles. The second-order valence-corrected chi connectivity index (χ2v) is 7.02. The van der Waals surface area contributed by atoms with Gasteiger partial charge in [0.2, 0.25) is 5.91 Å². The molecule has 3 nitrogen and oxygen atoms in total. The lowest BCUT2D eigenvalue weighted by Gasteiger charge is -2.23. The van der Waals surface area contributed by atoms with Crippen molar-refractivity contribution in [1.29, 1.82) is 0 Å². The summed E-state index contributed by atoms with van der Waals surface area (Å²) in [6, 6.07) is 5.94. The van der Waals surface area contributed by atoms with Gasteiger partial charge in [-0.3, -0.25) is 4.79 Å². The lowest BCUT2D eigenvalue weighted by atomic mass is 9.89. The second kappa shape index (κ2) is 7.30. The van der Waals surface area contributed by atoms with E-state index in [0.717, 1.165) is 35.2 Å². The predicted octanol–water partition coefficient (Wildman–Crippen LogP) is 4.24. The molecule has 21 heavy (non-hydrogen) atoms. The van der Waals surface area contributed by atoms with Gasteiger partial charge in [0.25, 0.3) is 0 Å². The fourth-order valence-electron chi connectivity index (χ4n) is 2.97. The summed E-state index contributed by atoms with van der Waals surface area (Å²) in [4.78, 5) is 14.3. The van der Waals surface area contributed by atoms with Crippen LogP contribution in [0.4, 0.5) is 0 Å². The van der Waals surface area contributed by atoms with E-state index in [2.05, 4.69) is 29.8 Å². The molecule has 2 rings (SSSR count). The van der Waals surface area contributed by atoms with Crippen molar-refractivity contribution in [1.82, 2.24) is 4.90 Å². The van der Waals surface area contributed by atoms with Crippen molar-refractivity contribution in [2.75, 3.05) is 13.7 Å². The standard InChI is InChI=1S/C17H24BrNO2/c1-12(2)13-4-7-17(20)19(9-8-13)11-14-10-15(18)5-6-16(14)21-3/h5-6,10,12-13H,4,7-9,11H2,1-3H3. The third-order valence-corrected chi connectivity index (χ3v) is 4.89. The molecule has 1 aromatic rings. The summed E-state index contributed by atoms with van der Waals surface area (Å²) in [5.74, 6) is 2.41. The maximum atomic E-state index is 12.3. The van der Waals surface area contributed by atoms with E-state index in [1.165, 1.54) is 0 Å². The minimum absolute atomic E-state index is 0.264. The van der Waals surface area contributed by atoms with Crippen molar-refractivity contribution in [3.63, 3.8) is 0 Å². The van der Waals surface area contributed by atoms with Gasteiger partial charge in [-0.15, -0.1) is 0 Å². The third-order valence-electron chi connectivity index (χ3n) is 4.40. The van der Waals surface area contributed by atoms with Crippen LogP contribution in [0.25, 0.3) is 0 Å². The summed E-state index contributed by atoms with van der Waals surface area (Å²) in [6.07, 6.45) is 2.78. The molecule has 0 spiro atoms. The van der Waals surface area contributed by atoms with Crippen LogP contribution in [0, 0.1) is 11.8 Å². The van der Waals surface area contributed by atoms with Crippen molar-refractivity contribution in [2.24, 2.45) is 11.8 Å². The van der Waals surface area contributed by atoms with Crippen LogP contribution in [0.15, 0.2) is 22.7 Å². The van der Waals surface area contributed by atoms with Crippen LogP contribution in [0.5, 0.6) is 5.75 Å². The molecule has 0 N–H and O–H groups in total. The molecule has 1 aliphatic rings. The van der Waals surface area contributed by atoms with Gasteiger partial charge in [0.05, 0.1) is 7.11 Å². The summed E-state index contributed by atoms with van der Waals surface area (Å²) in [5, 5.41) is 0. The van der Waals surface area contributed by atoms with Crippen molar-refractivity contribution >= 4 is 21.8 Å². The van der Waals surface area contributed by atoms with Crippen LogP contribution in [0.2, 0.25) is 0 Å². The fourth-order valence-corrected chi connectivity index (χ4v) is 3.38. The van der Waals surface area contributed by atoms with E-state index in [1.54, 1.807) is 7.11 Å². The first-order valence-corrected chi connectivity index (χ1v) is 8.40. The van der Waals surface area contributed by atoms with Crippen molar-refractivity contribution in [3.8, 4) is 5.75 Å². The Bertz CT molecular complexity index is 502. The molecule has 1 fully saturated rings. The molecular formula is C17H24BrNO2. The molecular weight excluding hydrogens is 330 g/mol. The number of hydrogen-bond donors (Lipinski definition) is 0. The van der Waals surface area contributed by atoms with Gasteiger partial charge in [0.15, 0.2) is 0 Å². The summed E-state index contributed by atoms with van der Waals surface area (Å²) < 4.78 is 6.42. The molecule has 1 heterocycles. The number of nitrogens with zero attached hydrogens (tertiary/aromatic N) is 1. The zero-order valence-corrected chi connectivity index (χ0v) is 14.6. The topological polar surface area (TPSA) is 29.5 Å². The van der Waals surface area contributed by atoms with Gasteiger partial charge in [0, 0.05) is 29.5 Å². The SMILES string of the molecule is COc1ccc(Br)cc1CN1CCC(C(C)C)CCC1=O. The average Bonchev–Trinajstić information content (AvgIpc) is 2.62. The molecule has 1 amide bonds. The molecule has 1 atom stereocenters. The quantitative estimate of drug-likeness (QED) is 0.809. The van der Waals surface area contributed by atoms with E-state index < -0.39 is 0 Å². The fraction of sp³-hybridized carbons (Fsp3) is 0.588. The minimum atomic E-state index is 0.264. The summed E-state index contributed by atoms with van der Waals surface area (Å²) in [5.41, 5.74) is 1.06. The Morgan fingerprint density at radius 2 is 2.14 bits per heavy atom. The molecule has 1 unspecified atom stereocenters. The number of likely N-dealkylation sites (tertiary alicyclic amines) is 1. The third kappa shape index (κ3) is 4.22. The van der Waals surface area contributed by atoms with Crippen molar-refractivity contribution in [2.45, 2.75) is 39.7 Å². The highest BCUT2D eigenvalue weighted by molar-refractivity contribution is 9.10. The Hall–Kier alpha value is -1.03. The number of carbonyl (C=O) groups excluding carboxylic acids is 1. The highest BCUT2D eigenvalue weighted by Gasteiger charge is 2.24. The van der Waals surface area contributed by atoms with E-state index in [4.69, 9.17) is 4.74 Å². The lowest BCUT2D eigenvalue weighted by Crippen LogP contribution is -2.30. The van der Waals surface area contributed by atoms with Crippen LogP contribution in [-0.4, -0.2) is 24.5 Å². The summed E-state index contributed by atoms with van der Waals surface area (Å²) in [6.45, 7) is 5.98. The zero-order valence-electron chi connectivity index (χ0n) is 13.1. The first-order valence-electron chi connectivity index (χ1n) is 7.61. The normalized spacial score (nSPS) is 19.8. The lowest BCUT2D eigenvalue weighted by molar-refractivity contribution is -0.131. The van der Waals surface area contributed by atoms with E-state index in [1.807, 2.05) is 23.1 Å². The second-order valence-electron chi connectivity index (χ2n) is 6.10. The predicted molar refractivity (Wildman–Crippen MR) is 88.3 cm³/mol. The van der Waals surface area contributed by atoms with Gasteiger partial charge < -0.3 is 9.64 Å². The highest BCUT2D eigenvalue weighted by atomic mass is 79.9. The van der Waals surface area contributed by atoms with E-state index >= 15 is 0 Å². The van der Waals surface area contributed by atoms with Crippen LogP contribution in [0.3, 0.4) is 0 Å². The summed E-state index contributed by atoms with van der Waals surface area (Å²) >= 11 is 3.49. The van der Waals surface area contributed by atoms with Crippen LogP contribution >= 0.6 is 15.9 Å². The number of rotatable bonds is 4. The maximum absolute atomic E-state index is 12.3. The average molecular weight is 354 g/mol. The Morgan fingerprint density at radius 3 is 2.81 bits per heavy atom. The minimum Gasteiger partial charge on any atom is -0.496 e. The van der Waals surface area contributed by atoms with Gasteiger partial charge in [-0.05, 0) is 42.9 Å². The number of carbonyl (C=O) groups is 1. The van der Waals surface area contributed by atoms with Crippen molar-refractivity contribution < 1.29 is 9.53 Å². The number of halogens is 1. The number of methoxy groups -OCH3 is 1. The first kappa shape index (κ1) is 16.3. The van der Waals surface area contributed by atoms with E-state index in [-0.39, 0.29) is 5.91 Å². The number of amides is 1. The molecule has 0 radical (unpaired) electrons. The monoisotopic (exact) mass is 353 g/mol. The number of benzene rings is 1. The van der Waals surface area contributed by atoms with Crippen LogP contribution < -0.4 is 4.74 Å². The van der Waals surface area contributed by atoms with Gasteiger partial charge in [0.1, 0.15) is 5.75 Å². The van der Waals surface area contributed by atoms with Crippen LogP contribution in [0.1, 0.15) is 38.7 Å². The van der Waals surface area contributed by atoms with E-state index in [9.17, 15) is 4.79 Å². The molecule has 0 bridgehead atoms. The Kier molecular flexibility index (Phi) is 5.68. The van der Waals surface area contributed by atoms with Crippen LogP contribution in [-0.2, 0) is 11.3 Å². The molecule has 0 aromatic heterocycles. The van der Waals surface area contributed by atoms with Crippen molar-refractivity contribution in [3.05, 3.63) is 28.2 Å².